The van der Waals surface area contributed by atoms with Gasteiger partial charge in [0.15, 0.2) is 0 Å². The van der Waals surface area contributed by atoms with Crippen molar-refractivity contribution >= 4 is 43.5 Å². The number of amides is 2. The smallest absolute Gasteiger partial charge is 0.264 e. The van der Waals surface area contributed by atoms with Gasteiger partial charge >= 0.3 is 0 Å². The molecule has 3 aromatic rings. The number of sulfonamides is 1. The summed E-state index contributed by atoms with van der Waals surface area (Å²) in [6.45, 7) is 7.16. The molecule has 0 aromatic heterocycles. The molecular weight excluding hydrogens is 602 g/mol. The Hall–Kier alpha value is -3.17. The van der Waals surface area contributed by atoms with Crippen molar-refractivity contribution < 1.29 is 18.0 Å². The van der Waals surface area contributed by atoms with Crippen LogP contribution in [0, 0.1) is 20.8 Å². The van der Waals surface area contributed by atoms with Crippen LogP contribution in [0.4, 0.5) is 5.69 Å². The summed E-state index contributed by atoms with van der Waals surface area (Å²) in [5.74, 6) is -0.702. The zero-order valence-electron chi connectivity index (χ0n) is 24.1. The molecule has 1 aliphatic rings. The third-order valence-electron chi connectivity index (χ3n) is 7.78. The van der Waals surface area contributed by atoms with Gasteiger partial charge in [-0.25, -0.2) is 8.42 Å². The van der Waals surface area contributed by atoms with Gasteiger partial charge in [-0.05, 0) is 93.6 Å². The van der Waals surface area contributed by atoms with Gasteiger partial charge in [-0.15, -0.1) is 0 Å². The third kappa shape index (κ3) is 7.57. The number of rotatable bonds is 10. The van der Waals surface area contributed by atoms with E-state index in [2.05, 4.69) is 21.2 Å². The van der Waals surface area contributed by atoms with Gasteiger partial charge in [0, 0.05) is 17.1 Å². The Labute approximate surface area is 252 Å². The van der Waals surface area contributed by atoms with E-state index in [4.69, 9.17) is 0 Å². The number of aryl methyl sites for hydroxylation is 3. The molecule has 2 amide bonds. The summed E-state index contributed by atoms with van der Waals surface area (Å²) in [6, 6.07) is 18.8. The van der Waals surface area contributed by atoms with E-state index in [1.54, 1.807) is 43.3 Å². The molecule has 1 unspecified atom stereocenters. The molecule has 0 aliphatic heterocycles. The van der Waals surface area contributed by atoms with E-state index < -0.39 is 28.5 Å². The van der Waals surface area contributed by atoms with Crippen molar-refractivity contribution in [1.29, 1.82) is 0 Å². The highest BCUT2D eigenvalue weighted by Gasteiger charge is 2.33. The SMILES string of the molecule is Cc1ccc(S(=O)(=O)N(CC(=O)N(Cc2cccc(Br)c2)C(C)C(=O)NC2CCCC2)c2ccc(C)c(C)c2)cc1. The first-order valence-electron chi connectivity index (χ1n) is 14.0. The Morgan fingerprint density at radius 3 is 2.27 bits per heavy atom. The maximum Gasteiger partial charge on any atom is 0.264 e. The summed E-state index contributed by atoms with van der Waals surface area (Å²) in [5.41, 5.74) is 4.08. The van der Waals surface area contributed by atoms with E-state index in [1.807, 2.05) is 51.1 Å². The number of carbonyl (C=O) groups excluding carboxylic acids is 2. The summed E-state index contributed by atoms with van der Waals surface area (Å²) in [4.78, 5) is 29.0. The molecule has 1 saturated carbocycles. The second-order valence-electron chi connectivity index (χ2n) is 10.9. The fourth-order valence-electron chi connectivity index (χ4n) is 5.05. The summed E-state index contributed by atoms with van der Waals surface area (Å²) < 4.78 is 30.0. The van der Waals surface area contributed by atoms with E-state index in [9.17, 15) is 18.0 Å². The summed E-state index contributed by atoms with van der Waals surface area (Å²) in [5, 5.41) is 3.10. The maximum absolute atomic E-state index is 14.1. The van der Waals surface area contributed by atoms with Crippen molar-refractivity contribution in [2.24, 2.45) is 0 Å². The Bertz CT molecular complexity index is 1500. The van der Waals surface area contributed by atoms with Crippen molar-refractivity contribution in [2.45, 2.75) is 76.9 Å². The standard InChI is InChI=1S/C32H38BrN3O4S/c1-22-12-16-30(17-13-22)41(39,40)36(29-15-14-23(2)24(3)18-29)21-31(37)35(20-26-8-7-9-27(33)19-26)25(4)32(38)34-28-10-5-6-11-28/h7-9,12-19,25,28H,5-6,10-11,20-21H2,1-4H3,(H,34,38). The van der Waals surface area contributed by atoms with Crippen molar-refractivity contribution in [3.63, 3.8) is 0 Å². The summed E-state index contributed by atoms with van der Waals surface area (Å²) in [7, 11) is -4.10. The largest absolute Gasteiger partial charge is 0.352 e. The second-order valence-corrected chi connectivity index (χ2v) is 13.7. The fourth-order valence-corrected chi connectivity index (χ4v) is 6.91. The van der Waals surface area contributed by atoms with E-state index in [1.165, 1.54) is 4.90 Å². The molecule has 41 heavy (non-hydrogen) atoms. The van der Waals surface area contributed by atoms with Crippen molar-refractivity contribution in [1.82, 2.24) is 10.2 Å². The zero-order valence-corrected chi connectivity index (χ0v) is 26.5. The third-order valence-corrected chi connectivity index (χ3v) is 10.1. The number of halogens is 1. The Balaban J connectivity index is 1.70. The highest BCUT2D eigenvalue weighted by atomic mass is 79.9. The molecule has 1 aliphatic carbocycles. The highest BCUT2D eigenvalue weighted by Crippen LogP contribution is 2.27. The molecule has 0 bridgehead atoms. The van der Waals surface area contributed by atoms with Gasteiger partial charge in [0.1, 0.15) is 12.6 Å². The molecule has 1 fully saturated rings. The number of benzene rings is 3. The lowest BCUT2D eigenvalue weighted by Gasteiger charge is -2.32. The number of anilines is 1. The summed E-state index contributed by atoms with van der Waals surface area (Å²) >= 11 is 3.48. The normalized spacial score (nSPS) is 14.5. The van der Waals surface area contributed by atoms with Gasteiger partial charge in [-0.3, -0.25) is 13.9 Å². The van der Waals surface area contributed by atoms with Gasteiger partial charge in [-0.2, -0.15) is 0 Å². The highest BCUT2D eigenvalue weighted by molar-refractivity contribution is 9.10. The van der Waals surface area contributed by atoms with Crippen LogP contribution in [0.1, 0.15) is 54.9 Å². The molecule has 9 heteroatoms. The van der Waals surface area contributed by atoms with Gasteiger partial charge in [0.25, 0.3) is 10.0 Å². The van der Waals surface area contributed by atoms with Crippen LogP contribution in [0.25, 0.3) is 0 Å². The molecule has 0 spiro atoms. The quantitative estimate of drug-likeness (QED) is 0.293. The lowest BCUT2D eigenvalue weighted by Crippen LogP contribution is -2.52. The molecule has 1 atom stereocenters. The monoisotopic (exact) mass is 639 g/mol. The topological polar surface area (TPSA) is 86.8 Å². The Kier molecular flexibility index (Phi) is 9.92. The molecule has 7 nitrogen and oxygen atoms in total. The molecule has 0 heterocycles. The van der Waals surface area contributed by atoms with Gasteiger partial charge in [-0.1, -0.05) is 64.7 Å². The molecule has 218 valence electrons. The van der Waals surface area contributed by atoms with E-state index in [0.29, 0.717) is 5.69 Å². The zero-order chi connectivity index (χ0) is 29.7. The van der Waals surface area contributed by atoms with Crippen LogP contribution in [0.3, 0.4) is 0 Å². The number of nitrogens with one attached hydrogen (secondary N) is 1. The number of hydrogen-bond acceptors (Lipinski definition) is 4. The van der Waals surface area contributed by atoms with Gasteiger partial charge < -0.3 is 10.2 Å². The average molecular weight is 641 g/mol. The van der Waals surface area contributed by atoms with E-state index in [-0.39, 0.29) is 23.4 Å². The van der Waals surface area contributed by atoms with Crippen molar-refractivity contribution in [3.05, 3.63) is 93.5 Å². The van der Waals surface area contributed by atoms with Gasteiger partial charge in [0.2, 0.25) is 11.8 Å². The van der Waals surface area contributed by atoms with Crippen molar-refractivity contribution in [3.8, 4) is 0 Å². The van der Waals surface area contributed by atoms with E-state index >= 15 is 0 Å². The lowest BCUT2D eigenvalue weighted by molar-refractivity contribution is -0.139. The van der Waals surface area contributed by atoms with Crippen LogP contribution in [0.2, 0.25) is 0 Å². The van der Waals surface area contributed by atoms with Crippen LogP contribution >= 0.6 is 15.9 Å². The molecule has 3 aromatic carbocycles. The first kappa shape index (κ1) is 30.8. The van der Waals surface area contributed by atoms with Crippen LogP contribution in [0.5, 0.6) is 0 Å². The van der Waals surface area contributed by atoms with Crippen molar-refractivity contribution in [2.75, 3.05) is 10.8 Å². The van der Waals surface area contributed by atoms with E-state index in [0.717, 1.165) is 56.7 Å². The maximum atomic E-state index is 14.1. The number of hydrogen-bond donors (Lipinski definition) is 1. The first-order chi connectivity index (χ1) is 19.5. The van der Waals surface area contributed by atoms with Crippen LogP contribution in [-0.4, -0.2) is 43.8 Å². The first-order valence-corrected chi connectivity index (χ1v) is 16.2. The van der Waals surface area contributed by atoms with Crippen LogP contribution in [0.15, 0.2) is 76.1 Å². The molecule has 4 rings (SSSR count). The Morgan fingerprint density at radius 1 is 0.951 bits per heavy atom. The minimum Gasteiger partial charge on any atom is -0.352 e. The molecule has 0 saturated heterocycles. The average Bonchev–Trinajstić information content (AvgIpc) is 3.44. The van der Waals surface area contributed by atoms with Crippen LogP contribution in [-0.2, 0) is 26.2 Å². The molecular formula is C32H38BrN3O4S. The minimum atomic E-state index is -4.10. The molecule has 0 radical (unpaired) electrons. The van der Waals surface area contributed by atoms with Crippen LogP contribution < -0.4 is 9.62 Å². The Morgan fingerprint density at radius 2 is 1.63 bits per heavy atom. The fraction of sp³-hybridized carbons (Fsp3) is 0.375. The lowest BCUT2D eigenvalue weighted by atomic mass is 10.1. The molecule has 1 N–H and O–H groups in total. The predicted molar refractivity (Wildman–Crippen MR) is 166 cm³/mol. The predicted octanol–water partition coefficient (Wildman–Crippen LogP) is 6.05. The number of carbonyl (C=O) groups is 2. The second kappa shape index (κ2) is 13.2. The summed E-state index contributed by atoms with van der Waals surface area (Å²) in [6.07, 6.45) is 3.99. The number of nitrogens with zero attached hydrogens (tertiary/aromatic N) is 2. The van der Waals surface area contributed by atoms with Gasteiger partial charge in [0.05, 0.1) is 10.6 Å². The minimum absolute atomic E-state index is 0.0969.